The van der Waals surface area contributed by atoms with E-state index in [2.05, 4.69) is 5.32 Å². The predicted molar refractivity (Wildman–Crippen MR) is 86.6 cm³/mol. The van der Waals surface area contributed by atoms with Crippen LogP contribution in [0.1, 0.15) is 12.0 Å². The number of aryl methyl sites for hydroxylation is 1. The van der Waals surface area contributed by atoms with Crippen LogP contribution in [0, 0.1) is 10.1 Å². The molecule has 1 amide bonds. The van der Waals surface area contributed by atoms with Gasteiger partial charge in [-0.3, -0.25) is 14.9 Å². The zero-order chi connectivity index (χ0) is 16.6. The lowest BCUT2D eigenvalue weighted by molar-refractivity contribution is -0.384. The fourth-order valence-electron chi connectivity index (χ4n) is 2.29. The molecule has 23 heavy (non-hydrogen) atoms. The van der Waals surface area contributed by atoms with Gasteiger partial charge in [0.15, 0.2) is 5.75 Å². The Morgan fingerprint density at radius 3 is 2.48 bits per heavy atom. The fourth-order valence-corrected chi connectivity index (χ4v) is 2.84. The van der Waals surface area contributed by atoms with Gasteiger partial charge in [0, 0.05) is 24.2 Å². The zero-order valence-electron chi connectivity index (χ0n) is 11.6. The molecule has 0 fully saturated rings. The Kier molecular flexibility index (Phi) is 4.11. The Labute approximate surface area is 141 Å². The monoisotopic (exact) mass is 352 g/mol. The highest BCUT2D eigenvalue weighted by Crippen LogP contribution is 2.40. The lowest BCUT2D eigenvalue weighted by Gasteiger charge is -2.18. The number of nitro benzene ring substituents is 1. The standard InChI is InChI=1S/C15H10Cl2N2O4/c16-11-6-9(19(21)22)7-12(17)15(11)23-10-2-3-13-8(5-10)1-4-14(20)18-13/h2-3,5-7H,1,4H2,(H,18,20). The molecule has 0 bridgehead atoms. The van der Waals surface area contributed by atoms with Crippen LogP contribution in [-0.4, -0.2) is 10.8 Å². The van der Waals surface area contributed by atoms with Crippen molar-refractivity contribution in [1.29, 1.82) is 0 Å². The van der Waals surface area contributed by atoms with Gasteiger partial charge in [0.1, 0.15) is 5.75 Å². The molecule has 0 radical (unpaired) electrons. The van der Waals surface area contributed by atoms with Crippen molar-refractivity contribution in [2.45, 2.75) is 12.8 Å². The van der Waals surface area contributed by atoms with Gasteiger partial charge in [0.2, 0.25) is 5.91 Å². The summed E-state index contributed by atoms with van der Waals surface area (Å²) in [6, 6.07) is 7.54. The first-order valence-electron chi connectivity index (χ1n) is 6.68. The lowest BCUT2D eigenvalue weighted by atomic mass is 10.0. The third-order valence-electron chi connectivity index (χ3n) is 3.39. The minimum absolute atomic E-state index is 0.0207. The van der Waals surface area contributed by atoms with Crippen molar-refractivity contribution in [3.05, 3.63) is 56.1 Å². The van der Waals surface area contributed by atoms with E-state index in [0.29, 0.717) is 18.6 Å². The molecule has 2 aromatic rings. The van der Waals surface area contributed by atoms with Crippen molar-refractivity contribution in [3.8, 4) is 11.5 Å². The number of anilines is 1. The summed E-state index contributed by atoms with van der Waals surface area (Å²) in [6.07, 6.45) is 1.02. The first-order chi connectivity index (χ1) is 10.9. The quantitative estimate of drug-likeness (QED) is 0.647. The first-order valence-corrected chi connectivity index (χ1v) is 7.43. The summed E-state index contributed by atoms with van der Waals surface area (Å²) in [4.78, 5) is 21.5. The smallest absolute Gasteiger partial charge is 0.272 e. The summed E-state index contributed by atoms with van der Waals surface area (Å²) in [5.74, 6) is 0.615. The zero-order valence-corrected chi connectivity index (χ0v) is 13.1. The molecule has 0 saturated carbocycles. The highest BCUT2D eigenvalue weighted by Gasteiger charge is 2.18. The van der Waals surface area contributed by atoms with Gasteiger partial charge in [-0.1, -0.05) is 23.2 Å². The molecule has 0 spiro atoms. The number of carbonyl (C=O) groups is 1. The fraction of sp³-hybridized carbons (Fsp3) is 0.133. The van der Waals surface area contributed by atoms with E-state index in [9.17, 15) is 14.9 Å². The summed E-state index contributed by atoms with van der Waals surface area (Å²) < 4.78 is 5.67. The number of nitrogens with zero attached hydrogens (tertiary/aromatic N) is 1. The number of nitro groups is 1. The number of hydrogen-bond donors (Lipinski definition) is 1. The maximum absolute atomic E-state index is 11.3. The van der Waals surface area contributed by atoms with Gasteiger partial charge in [-0.25, -0.2) is 0 Å². The summed E-state index contributed by atoms with van der Waals surface area (Å²) in [5, 5.41) is 13.6. The van der Waals surface area contributed by atoms with Crippen LogP contribution < -0.4 is 10.1 Å². The number of nitrogens with one attached hydrogen (secondary N) is 1. The van der Waals surface area contributed by atoms with E-state index in [-0.39, 0.29) is 27.4 Å². The van der Waals surface area contributed by atoms with Crippen molar-refractivity contribution in [3.63, 3.8) is 0 Å². The van der Waals surface area contributed by atoms with E-state index in [1.807, 2.05) is 0 Å². The van der Waals surface area contributed by atoms with Crippen molar-refractivity contribution < 1.29 is 14.5 Å². The predicted octanol–water partition coefficient (Wildman–Crippen LogP) is 4.58. The maximum Gasteiger partial charge on any atom is 0.272 e. The second-order valence-electron chi connectivity index (χ2n) is 4.96. The van der Waals surface area contributed by atoms with E-state index >= 15 is 0 Å². The number of fused-ring (bicyclic) bond motifs is 1. The van der Waals surface area contributed by atoms with E-state index < -0.39 is 4.92 Å². The number of halogens is 2. The molecule has 118 valence electrons. The molecule has 0 aliphatic carbocycles. The molecule has 2 aromatic carbocycles. The summed E-state index contributed by atoms with van der Waals surface area (Å²) in [6.45, 7) is 0. The summed E-state index contributed by atoms with van der Waals surface area (Å²) >= 11 is 12.0. The maximum atomic E-state index is 11.3. The minimum atomic E-state index is -0.580. The normalized spacial score (nSPS) is 13.2. The number of ether oxygens (including phenoxy) is 1. The molecular weight excluding hydrogens is 343 g/mol. The summed E-state index contributed by atoms with van der Waals surface area (Å²) in [7, 11) is 0. The molecule has 6 nitrogen and oxygen atoms in total. The van der Waals surface area contributed by atoms with E-state index in [0.717, 1.165) is 11.3 Å². The molecule has 1 heterocycles. The van der Waals surface area contributed by atoms with Crippen LogP contribution >= 0.6 is 23.2 Å². The van der Waals surface area contributed by atoms with Gasteiger partial charge in [-0.2, -0.15) is 0 Å². The first kappa shape index (κ1) is 15.6. The molecule has 0 unspecified atom stereocenters. The Balaban J connectivity index is 1.91. The number of benzene rings is 2. The Hall–Kier alpha value is -2.31. The lowest BCUT2D eigenvalue weighted by Crippen LogP contribution is -2.18. The van der Waals surface area contributed by atoms with E-state index in [1.165, 1.54) is 12.1 Å². The third-order valence-corrected chi connectivity index (χ3v) is 3.95. The van der Waals surface area contributed by atoms with E-state index in [4.69, 9.17) is 27.9 Å². The van der Waals surface area contributed by atoms with Crippen molar-refractivity contribution in [2.24, 2.45) is 0 Å². The van der Waals surface area contributed by atoms with Crippen LogP contribution in [-0.2, 0) is 11.2 Å². The molecular formula is C15H10Cl2N2O4. The minimum Gasteiger partial charge on any atom is -0.454 e. The Bertz CT molecular complexity index is 800. The van der Waals surface area contributed by atoms with Crippen LogP contribution in [0.2, 0.25) is 10.0 Å². The van der Waals surface area contributed by atoms with Gasteiger partial charge in [0.25, 0.3) is 5.69 Å². The van der Waals surface area contributed by atoms with Gasteiger partial charge < -0.3 is 10.1 Å². The van der Waals surface area contributed by atoms with Gasteiger partial charge in [0.05, 0.1) is 15.0 Å². The number of carbonyl (C=O) groups excluding carboxylic acids is 1. The Morgan fingerprint density at radius 1 is 1.13 bits per heavy atom. The van der Waals surface area contributed by atoms with E-state index in [1.54, 1.807) is 18.2 Å². The van der Waals surface area contributed by atoms with Crippen molar-refractivity contribution >= 4 is 40.5 Å². The average Bonchev–Trinajstić information content (AvgIpc) is 2.50. The number of rotatable bonds is 3. The van der Waals surface area contributed by atoms with Crippen molar-refractivity contribution in [2.75, 3.05) is 5.32 Å². The van der Waals surface area contributed by atoms with Crippen molar-refractivity contribution in [1.82, 2.24) is 0 Å². The second kappa shape index (κ2) is 6.06. The molecule has 1 aliphatic rings. The molecule has 0 saturated heterocycles. The highest BCUT2D eigenvalue weighted by atomic mass is 35.5. The molecule has 1 aliphatic heterocycles. The molecule has 0 atom stereocenters. The topological polar surface area (TPSA) is 81.5 Å². The number of hydrogen-bond acceptors (Lipinski definition) is 4. The second-order valence-corrected chi connectivity index (χ2v) is 5.78. The third kappa shape index (κ3) is 3.23. The number of amides is 1. The van der Waals surface area contributed by atoms with Crippen LogP contribution in [0.25, 0.3) is 0 Å². The molecule has 8 heteroatoms. The summed E-state index contributed by atoms with van der Waals surface area (Å²) in [5.41, 5.74) is 1.48. The van der Waals surface area contributed by atoms with Crippen LogP contribution in [0.5, 0.6) is 11.5 Å². The highest BCUT2D eigenvalue weighted by molar-refractivity contribution is 6.37. The largest absolute Gasteiger partial charge is 0.454 e. The SMILES string of the molecule is O=C1CCc2cc(Oc3c(Cl)cc([N+](=O)[O-])cc3Cl)ccc2N1. The molecule has 0 aromatic heterocycles. The van der Waals surface area contributed by atoms with Crippen LogP contribution in [0.15, 0.2) is 30.3 Å². The van der Waals surface area contributed by atoms with Gasteiger partial charge in [-0.15, -0.1) is 0 Å². The average molecular weight is 353 g/mol. The van der Waals surface area contributed by atoms with Crippen LogP contribution in [0.4, 0.5) is 11.4 Å². The molecule has 3 rings (SSSR count). The van der Waals surface area contributed by atoms with Gasteiger partial charge in [-0.05, 0) is 30.2 Å². The Morgan fingerprint density at radius 2 is 1.83 bits per heavy atom. The van der Waals surface area contributed by atoms with Gasteiger partial charge >= 0.3 is 0 Å². The molecule has 1 N–H and O–H groups in total. The number of non-ortho nitro benzene ring substituents is 1. The van der Waals surface area contributed by atoms with Crippen LogP contribution in [0.3, 0.4) is 0 Å².